The number of hydrogen-bond donors (Lipinski definition) is 0. The van der Waals surface area contributed by atoms with Crippen molar-refractivity contribution in [2.75, 3.05) is 0 Å². The molecule has 2 aromatic carbocycles. The van der Waals surface area contributed by atoms with Crippen LogP contribution in [0.3, 0.4) is 0 Å². The molecule has 0 radical (unpaired) electrons. The van der Waals surface area contributed by atoms with Crippen LogP contribution in [0.2, 0.25) is 0 Å². The van der Waals surface area contributed by atoms with Gasteiger partial charge in [-0.25, -0.2) is 0 Å². The van der Waals surface area contributed by atoms with Gasteiger partial charge in [-0.1, -0.05) is 22.0 Å². The fourth-order valence-electron chi connectivity index (χ4n) is 2.47. The average Bonchev–Trinajstić information content (AvgIpc) is 3.09. The highest BCUT2D eigenvalue weighted by atomic mass is 16.8. The largest absolute Gasteiger partial charge is 0.297 e. The predicted molar refractivity (Wildman–Crippen MR) is 79.9 cm³/mol. The lowest BCUT2D eigenvalue weighted by molar-refractivity contribution is -0.384. The van der Waals surface area contributed by atoms with Crippen molar-refractivity contribution < 1.29 is 19.5 Å². The van der Waals surface area contributed by atoms with Crippen LogP contribution in [0.25, 0.3) is 10.9 Å². The van der Waals surface area contributed by atoms with Crippen molar-refractivity contribution in [1.82, 2.24) is 15.0 Å². The van der Waals surface area contributed by atoms with Crippen LogP contribution < -0.4 is 4.94 Å². The Labute approximate surface area is 133 Å². The first-order valence-electron chi connectivity index (χ1n) is 6.85. The molecule has 9 heteroatoms. The topological polar surface area (TPSA) is 108 Å². The Hall–Kier alpha value is -3.75. The van der Waals surface area contributed by atoms with Crippen molar-refractivity contribution in [2.24, 2.45) is 0 Å². The van der Waals surface area contributed by atoms with Crippen molar-refractivity contribution in [2.45, 2.75) is 0 Å². The van der Waals surface area contributed by atoms with Crippen molar-refractivity contribution >= 4 is 28.4 Å². The van der Waals surface area contributed by atoms with Gasteiger partial charge in [0.2, 0.25) is 0 Å². The van der Waals surface area contributed by atoms with E-state index in [4.69, 9.17) is 4.94 Å². The van der Waals surface area contributed by atoms with Crippen molar-refractivity contribution in [3.8, 4) is 0 Å². The third kappa shape index (κ3) is 1.99. The van der Waals surface area contributed by atoms with Gasteiger partial charge in [0.1, 0.15) is 0 Å². The highest BCUT2D eigenvalue weighted by Crippen LogP contribution is 2.23. The van der Waals surface area contributed by atoms with Crippen LogP contribution in [0.15, 0.2) is 48.7 Å². The Morgan fingerprint density at radius 2 is 1.71 bits per heavy atom. The zero-order valence-corrected chi connectivity index (χ0v) is 11.9. The molecule has 0 bridgehead atoms. The van der Waals surface area contributed by atoms with Crippen LogP contribution in [0.5, 0.6) is 0 Å². The highest BCUT2D eigenvalue weighted by molar-refractivity contribution is 6.20. The number of nitrogens with zero attached hydrogens (tertiary/aromatic N) is 4. The van der Waals surface area contributed by atoms with E-state index in [0.717, 1.165) is 4.85 Å². The number of benzene rings is 2. The van der Waals surface area contributed by atoms with Crippen molar-refractivity contribution in [3.05, 3.63) is 69.9 Å². The summed E-state index contributed by atoms with van der Waals surface area (Å²) in [4.78, 5) is 40.9. The number of nitro groups is 1. The van der Waals surface area contributed by atoms with Crippen LogP contribution in [0.1, 0.15) is 20.7 Å². The number of carbonyl (C=O) groups excluding carboxylic acids is 2. The number of hydrogen-bond acceptors (Lipinski definition) is 6. The molecule has 3 aromatic rings. The SMILES string of the molecule is O=C1c2ccccc2C(=O)N1On1cc2cc([N+](=O)[O-])ccc2n1. The molecule has 0 unspecified atom stereocenters. The maximum absolute atomic E-state index is 12.2. The van der Waals surface area contributed by atoms with E-state index in [1.54, 1.807) is 12.1 Å². The van der Waals surface area contributed by atoms with Gasteiger partial charge in [0.05, 0.1) is 27.8 Å². The van der Waals surface area contributed by atoms with Gasteiger partial charge in [0, 0.05) is 17.5 Å². The summed E-state index contributed by atoms with van der Waals surface area (Å²) < 4.78 is 0. The molecule has 0 saturated heterocycles. The average molecular weight is 324 g/mol. The Kier molecular flexibility index (Phi) is 2.82. The highest BCUT2D eigenvalue weighted by Gasteiger charge is 2.38. The van der Waals surface area contributed by atoms with Crippen LogP contribution in [-0.4, -0.2) is 31.7 Å². The lowest BCUT2D eigenvalue weighted by Gasteiger charge is -2.12. The second kappa shape index (κ2) is 4.88. The lowest BCUT2D eigenvalue weighted by Crippen LogP contribution is -2.38. The first kappa shape index (κ1) is 13.9. The minimum absolute atomic E-state index is 0.0946. The maximum Gasteiger partial charge on any atom is 0.297 e. The minimum atomic E-state index is -0.596. The number of amides is 2. The number of carbonyl (C=O) groups is 2. The van der Waals surface area contributed by atoms with Crippen LogP contribution >= 0.6 is 0 Å². The molecular weight excluding hydrogens is 316 g/mol. The predicted octanol–water partition coefficient (Wildman–Crippen LogP) is 1.58. The number of imide groups is 1. The molecule has 1 aliphatic heterocycles. The normalized spacial score (nSPS) is 13.4. The van der Waals surface area contributed by atoms with E-state index in [-0.39, 0.29) is 16.8 Å². The molecule has 1 aromatic heterocycles. The molecule has 0 spiro atoms. The molecule has 1 aliphatic rings. The smallest absolute Gasteiger partial charge is 0.265 e. The monoisotopic (exact) mass is 324 g/mol. The first-order valence-corrected chi connectivity index (χ1v) is 6.85. The van der Waals surface area contributed by atoms with Crippen LogP contribution in [0.4, 0.5) is 5.69 Å². The van der Waals surface area contributed by atoms with Crippen molar-refractivity contribution in [1.29, 1.82) is 0 Å². The Morgan fingerprint density at radius 3 is 2.33 bits per heavy atom. The number of fused-ring (bicyclic) bond motifs is 2. The quantitative estimate of drug-likeness (QED) is 0.411. The van der Waals surface area contributed by atoms with Crippen LogP contribution in [-0.2, 0) is 0 Å². The van der Waals surface area contributed by atoms with Gasteiger partial charge in [0.15, 0.2) is 0 Å². The summed E-state index contributed by atoms with van der Waals surface area (Å²) in [5.41, 5.74) is 0.824. The van der Waals surface area contributed by atoms with Crippen molar-refractivity contribution in [3.63, 3.8) is 0 Å². The Morgan fingerprint density at radius 1 is 1.04 bits per heavy atom. The summed E-state index contributed by atoms with van der Waals surface area (Å²) in [6.07, 6.45) is 1.35. The van der Waals surface area contributed by atoms with E-state index in [2.05, 4.69) is 5.10 Å². The molecule has 9 nitrogen and oxygen atoms in total. The molecule has 0 fully saturated rings. The molecule has 0 atom stereocenters. The van der Waals surface area contributed by atoms with E-state index in [0.29, 0.717) is 16.0 Å². The van der Waals surface area contributed by atoms with Gasteiger partial charge in [-0.05, 0) is 18.2 Å². The Balaban J connectivity index is 1.67. The first-order chi connectivity index (χ1) is 11.5. The molecule has 2 heterocycles. The van der Waals surface area contributed by atoms with Gasteiger partial charge in [-0.3, -0.25) is 24.6 Å². The fourth-order valence-corrected chi connectivity index (χ4v) is 2.47. The zero-order valence-electron chi connectivity index (χ0n) is 11.9. The van der Waals surface area contributed by atoms with Gasteiger partial charge < -0.3 is 0 Å². The zero-order chi connectivity index (χ0) is 16.8. The summed E-state index contributed by atoms with van der Waals surface area (Å²) in [6, 6.07) is 10.4. The van der Waals surface area contributed by atoms with E-state index in [1.807, 2.05) is 0 Å². The maximum atomic E-state index is 12.2. The number of rotatable bonds is 3. The molecule has 2 amide bonds. The van der Waals surface area contributed by atoms with Gasteiger partial charge in [-0.15, -0.1) is 5.10 Å². The fraction of sp³-hybridized carbons (Fsp3) is 0. The van der Waals surface area contributed by atoms with Gasteiger partial charge in [-0.2, -0.15) is 0 Å². The number of non-ortho nitro benzene ring substituents is 1. The second-order valence-electron chi connectivity index (χ2n) is 5.06. The third-order valence-electron chi connectivity index (χ3n) is 3.60. The molecule has 4 rings (SSSR count). The second-order valence-corrected chi connectivity index (χ2v) is 5.06. The number of aromatic nitrogens is 2. The number of nitro benzene ring substituents is 1. The lowest BCUT2D eigenvalue weighted by atomic mass is 10.1. The Bertz CT molecular complexity index is 991. The summed E-state index contributed by atoms with van der Waals surface area (Å²) >= 11 is 0. The number of hydroxylamine groups is 2. The molecule has 24 heavy (non-hydrogen) atoms. The summed E-state index contributed by atoms with van der Waals surface area (Å²) in [6.45, 7) is 0. The molecule has 0 saturated carbocycles. The summed E-state index contributed by atoms with van der Waals surface area (Å²) in [5, 5.41) is 15.9. The molecular formula is C15H8N4O5. The molecule has 118 valence electrons. The van der Waals surface area contributed by atoms with E-state index in [9.17, 15) is 19.7 Å². The summed E-state index contributed by atoms with van der Waals surface area (Å²) in [5.74, 6) is -1.19. The van der Waals surface area contributed by atoms with E-state index < -0.39 is 16.7 Å². The van der Waals surface area contributed by atoms with Gasteiger partial charge >= 0.3 is 0 Å². The van der Waals surface area contributed by atoms with E-state index in [1.165, 1.54) is 36.5 Å². The molecule has 0 N–H and O–H groups in total. The van der Waals surface area contributed by atoms with E-state index >= 15 is 0 Å². The third-order valence-corrected chi connectivity index (χ3v) is 3.60. The standard InChI is InChI=1S/C15H8N4O5/c20-14-11-3-1-2-4-12(11)15(21)18(14)24-17-8-9-7-10(19(22)23)5-6-13(9)16-17/h1-8H. The minimum Gasteiger partial charge on any atom is -0.265 e. The summed E-state index contributed by atoms with van der Waals surface area (Å²) in [7, 11) is 0. The molecule has 0 aliphatic carbocycles. The van der Waals surface area contributed by atoms with Crippen LogP contribution in [0, 0.1) is 10.1 Å². The van der Waals surface area contributed by atoms with Gasteiger partial charge in [0.25, 0.3) is 17.5 Å².